The fraction of sp³-hybridized carbons (Fsp3) is 0.500. The van der Waals surface area contributed by atoms with Gasteiger partial charge >= 0.3 is 5.97 Å². The van der Waals surface area contributed by atoms with Gasteiger partial charge in [0.05, 0.1) is 5.56 Å². The molecule has 1 aliphatic rings. The fourth-order valence-corrected chi connectivity index (χ4v) is 2.86. The Morgan fingerprint density at radius 1 is 1.53 bits per heavy atom. The van der Waals surface area contributed by atoms with E-state index in [9.17, 15) is 9.59 Å². The van der Waals surface area contributed by atoms with Gasteiger partial charge in [-0.3, -0.25) is 9.59 Å². The maximum absolute atomic E-state index is 12.1. The van der Waals surface area contributed by atoms with E-state index in [0.29, 0.717) is 12.1 Å². The number of thiophene rings is 1. The van der Waals surface area contributed by atoms with Crippen LogP contribution < -0.4 is 0 Å². The molecule has 5 heteroatoms. The molecule has 1 aromatic heterocycles. The molecule has 0 saturated carbocycles. The molecule has 0 spiro atoms. The van der Waals surface area contributed by atoms with Gasteiger partial charge in [0.15, 0.2) is 0 Å². The molecule has 1 aliphatic heterocycles. The van der Waals surface area contributed by atoms with Crippen LogP contribution in [0.1, 0.15) is 29.6 Å². The Bertz CT molecular complexity index is 402. The Hall–Kier alpha value is -1.36. The van der Waals surface area contributed by atoms with Crippen molar-refractivity contribution >= 4 is 23.2 Å². The summed E-state index contributed by atoms with van der Waals surface area (Å²) in [6, 6.07) is 1.81. The van der Waals surface area contributed by atoms with Crippen molar-refractivity contribution in [3.05, 3.63) is 22.4 Å². The standard InChI is InChI=1S/C12H15NO3S/c14-11(15)6-9-2-1-4-13(7-9)12(16)10-3-5-17-8-10/h3,5,8-9H,1-2,4,6-7H2,(H,14,15). The van der Waals surface area contributed by atoms with Crippen molar-refractivity contribution in [3.63, 3.8) is 0 Å². The van der Waals surface area contributed by atoms with E-state index in [1.165, 1.54) is 11.3 Å². The van der Waals surface area contributed by atoms with Crippen LogP contribution in [-0.2, 0) is 4.79 Å². The van der Waals surface area contributed by atoms with E-state index >= 15 is 0 Å². The third-order valence-corrected chi connectivity index (χ3v) is 3.72. The van der Waals surface area contributed by atoms with E-state index in [1.54, 1.807) is 4.90 Å². The molecule has 0 radical (unpaired) electrons. The van der Waals surface area contributed by atoms with Crippen molar-refractivity contribution in [2.24, 2.45) is 5.92 Å². The van der Waals surface area contributed by atoms with Gasteiger partial charge in [0.2, 0.25) is 0 Å². The largest absolute Gasteiger partial charge is 0.481 e. The molecule has 1 fully saturated rings. The summed E-state index contributed by atoms with van der Waals surface area (Å²) in [6.45, 7) is 1.31. The number of nitrogens with zero attached hydrogens (tertiary/aromatic N) is 1. The number of hydrogen-bond acceptors (Lipinski definition) is 3. The molecule has 17 heavy (non-hydrogen) atoms. The summed E-state index contributed by atoms with van der Waals surface area (Å²) >= 11 is 1.50. The van der Waals surface area contributed by atoms with Crippen molar-refractivity contribution in [3.8, 4) is 0 Å². The lowest BCUT2D eigenvalue weighted by Crippen LogP contribution is -2.40. The zero-order valence-electron chi connectivity index (χ0n) is 9.46. The Balaban J connectivity index is 1.97. The number of rotatable bonds is 3. The Labute approximate surface area is 104 Å². The second-order valence-electron chi connectivity index (χ2n) is 4.37. The summed E-state index contributed by atoms with van der Waals surface area (Å²) in [5.41, 5.74) is 0.714. The zero-order chi connectivity index (χ0) is 12.3. The molecule has 1 saturated heterocycles. The summed E-state index contributed by atoms with van der Waals surface area (Å²) in [5, 5.41) is 12.5. The van der Waals surface area contributed by atoms with Gasteiger partial charge in [0, 0.05) is 24.9 Å². The molecule has 4 nitrogen and oxygen atoms in total. The van der Waals surface area contributed by atoms with E-state index < -0.39 is 5.97 Å². The highest BCUT2D eigenvalue weighted by atomic mass is 32.1. The molecule has 2 heterocycles. The number of carboxylic acids is 1. The topological polar surface area (TPSA) is 57.6 Å². The Morgan fingerprint density at radius 3 is 3.00 bits per heavy atom. The summed E-state index contributed by atoms with van der Waals surface area (Å²) in [5.74, 6) is -0.648. The van der Waals surface area contributed by atoms with E-state index in [1.807, 2.05) is 16.8 Å². The van der Waals surface area contributed by atoms with Crippen LogP contribution in [0.2, 0.25) is 0 Å². The number of carboxylic acid groups (broad SMARTS) is 1. The van der Waals surface area contributed by atoms with Crippen molar-refractivity contribution in [2.75, 3.05) is 13.1 Å². The van der Waals surface area contributed by atoms with Crippen LogP contribution in [0.15, 0.2) is 16.8 Å². The summed E-state index contributed by atoms with van der Waals surface area (Å²) in [7, 11) is 0. The normalized spacial score (nSPS) is 20.2. The monoisotopic (exact) mass is 253 g/mol. The minimum atomic E-state index is -0.778. The van der Waals surface area contributed by atoms with Gasteiger partial charge in [-0.1, -0.05) is 0 Å². The second kappa shape index (κ2) is 5.31. The van der Waals surface area contributed by atoms with Crippen LogP contribution in [0.3, 0.4) is 0 Å². The van der Waals surface area contributed by atoms with Crippen molar-refractivity contribution in [2.45, 2.75) is 19.3 Å². The van der Waals surface area contributed by atoms with Crippen molar-refractivity contribution in [1.29, 1.82) is 0 Å². The van der Waals surface area contributed by atoms with Gasteiger partial charge in [0.25, 0.3) is 5.91 Å². The van der Waals surface area contributed by atoms with Crippen LogP contribution >= 0.6 is 11.3 Å². The molecule has 0 aliphatic carbocycles. The van der Waals surface area contributed by atoms with Gasteiger partial charge in [-0.25, -0.2) is 0 Å². The molecule has 0 aromatic carbocycles. The van der Waals surface area contributed by atoms with E-state index in [2.05, 4.69) is 0 Å². The van der Waals surface area contributed by atoms with Crippen LogP contribution in [0.25, 0.3) is 0 Å². The molecule has 1 amide bonds. The molecule has 0 bridgehead atoms. The zero-order valence-corrected chi connectivity index (χ0v) is 10.3. The van der Waals surface area contributed by atoms with Crippen LogP contribution in [0.5, 0.6) is 0 Å². The van der Waals surface area contributed by atoms with Gasteiger partial charge in [-0.2, -0.15) is 11.3 Å². The predicted octanol–water partition coefficient (Wildman–Crippen LogP) is 2.08. The molecule has 2 rings (SSSR count). The number of piperidine rings is 1. The lowest BCUT2D eigenvalue weighted by atomic mass is 9.94. The fourth-order valence-electron chi connectivity index (χ4n) is 2.23. The smallest absolute Gasteiger partial charge is 0.303 e. The first kappa shape index (κ1) is 12.1. The maximum atomic E-state index is 12.1. The van der Waals surface area contributed by atoms with Gasteiger partial charge in [0.1, 0.15) is 0 Å². The Kier molecular flexibility index (Phi) is 3.78. The highest BCUT2D eigenvalue weighted by Gasteiger charge is 2.25. The summed E-state index contributed by atoms with van der Waals surface area (Å²) in [4.78, 5) is 24.5. The second-order valence-corrected chi connectivity index (χ2v) is 5.15. The average Bonchev–Trinajstić information content (AvgIpc) is 2.81. The number of likely N-dealkylation sites (tertiary alicyclic amines) is 1. The average molecular weight is 253 g/mol. The van der Waals surface area contributed by atoms with Crippen LogP contribution in [0.4, 0.5) is 0 Å². The predicted molar refractivity (Wildman–Crippen MR) is 65.2 cm³/mol. The van der Waals surface area contributed by atoms with E-state index in [-0.39, 0.29) is 18.2 Å². The number of amides is 1. The highest BCUT2D eigenvalue weighted by Crippen LogP contribution is 2.21. The maximum Gasteiger partial charge on any atom is 0.303 e. The van der Waals surface area contributed by atoms with Crippen LogP contribution in [0, 0.1) is 5.92 Å². The summed E-state index contributed by atoms with van der Waals surface area (Å²) in [6.07, 6.45) is 1.96. The quantitative estimate of drug-likeness (QED) is 0.897. The number of carbonyl (C=O) groups is 2. The highest BCUT2D eigenvalue weighted by molar-refractivity contribution is 7.08. The number of aliphatic carboxylic acids is 1. The summed E-state index contributed by atoms with van der Waals surface area (Å²) < 4.78 is 0. The van der Waals surface area contributed by atoms with E-state index in [0.717, 1.165) is 19.4 Å². The first-order valence-electron chi connectivity index (χ1n) is 5.70. The van der Waals surface area contributed by atoms with Crippen molar-refractivity contribution in [1.82, 2.24) is 4.90 Å². The minimum Gasteiger partial charge on any atom is -0.481 e. The van der Waals surface area contributed by atoms with Crippen molar-refractivity contribution < 1.29 is 14.7 Å². The Morgan fingerprint density at radius 2 is 2.35 bits per heavy atom. The molecule has 1 unspecified atom stereocenters. The lowest BCUT2D eigenvalue weighted by Gasteiger charge is -2.31. The molecule has 92 valence electrons. The molecule has 1 atom stereocenters. The van der Waals surface area contributed by atoms with Gasteiger partial charge in [-0.05, 0) is 30.2 Å². The molecule has 1 aromatic rings. The molecular formula is C12H15NO3S. The first-order chi connectivity index (χ1) is 8.16. The molecular weight excluding hydrogens is 238 g/mol. The lowest BCUT2D eigenvalue weighted by molar-refractivity contribution is -0.138. The SMILES string of the molecule is O=C(O)CC1CCCN(C(=O)c2ccsc2)C1. The minimum absolute atomic E-state index is 0.0290. The van der Waals surface area contributed by atoms with E-state index in [4.69, 9.17) is 5.11 Å². The third kappa shape index (κ3) is 3.06. The van der Waals surface area contributed by atoms with Gasteiger partial charge in [-0.15, -0.1) is 0 Å². The number of hydrogen-bond donors (Lipinski definition) is 1. The van der Waals surface area contributed by atoms with Gasteiger partial charge < -0.3 is 10.0 Å². The number of carbonyl (C=O) groups excluding carboxylic acids is 1. The first-order valence-corrected chi connectivity index (χ1v) is 6.64. The molecule has 1 N–H and O–H groups in total. The van der Waals surface area contributed by atoms with Crippen LogP contribution in [-0.4, -0.2) is 35.0 Å². The third-order valence-electron chi connectivity index (χ3n) is 3.04.